The maximum Gasteiger partial charge on any atom is 0.211 e. The highest BCUT2D eigenvalue weighted by Crippen LogP contribution is 2.46. The van der Waals surface area contributed by atoms with E-state index < -0.39 is 15.4 Å². The molecular formula is C35H57N7O3S. The SMILES string of the molecule is CCCCCCCCS(=O)(=O)NCC(C)(C)c1nnc2n1N=C(C(C)(C)C)/C2=N/c1cc2c(cc1C)N(CCO)C(C)(C)CC2C. The van der Waals surface area contributed by atoms with Gasteiger partial charge in [-0.25, -0.2) is 18.1 Å². The Kier molecular flexibility index (Phi) is 10.9. The molecule has 3 heterocycles. The molecule has 2 aromatic rings. The van der Waals surface area contributed by atoms with Crippen LogP contribution in [-0.2, 0) is 15.4 Å². The molecule has 2 N–H and O–H groups in total. The van der Waals surface area contributed by atoms with Gasteiger partial charge in [0.2, 0.25) is 15.8 Å². The molecule has 0 radical (unpaired) electrons. The number of nitrogens with zero attached hydrogens (tertiary/aromatic N) is 6. The Labute approximate surface area is 277 Å². The summed E-state index contributed by atoms with van der Waals surface area (Å²) in [5.74, 6) is 1.62. The number of aryl methyl sites for hydroxylation is 1. The van der Waals surface area contributed by atoms with Gasteiger partial charge in [0.15, 0.2) is 5.82 Å². The predicted octanol–water partition coefficient (Wildman–Crippen LogP) is 6.61. The van der Waals surface area contributed by atoms with Crippen molar-refractivity contribution < 1.29 is 13.5 Å². The molecule has 2 aliphatic rings. The van der Waals surface area contributed by atoms with Gasteiger partial charge in [0, 0.05) is 35.1 Å². The number of β-amino-alcohol motifs (C(OH)–C–C–N with tert-alkyl or cyclic N) is 1. The van der Waals surface area contributed by atoms with Crippen LogP contribution in [0.25, 0.3) is 0 Å². The lowest BCUT2D eigenvalue weighted by Crippen LogP contribution is -2.49. The number of rotatable bonds is 14. The number of hydrogen-bond donors (Lipinski definition) is 2. The highest BCUT2D eigenvalue weighted by molar-refractivity contribution is 7.89. The third-order valence-corrected chi connectivity index (χ3v) is 10.8. The van der Waals surface area contributed by atoms with E-state index in [2.05, 4.69) is 87.3 Å². The summed E-state index contributed by atoms with van der Waals surface area (Å²) in [5, 5.41) is 23.9. The molecule has 0 spiro atoms. The van der Waals surface area contributed by atoms with Crippen molar-refractivity contribution in [1.82, 2.24) is 19.6 Å². The van der Waals surface area contributed by atoms with Crippen LogP contribution in [0.3, 0.4) is 0 Å². The maximum absolute atomic E-state index is 12.8. The van der Waals surface area contributed by atoms with E-state index in [-0.39, 0.29) is 29.9 Å². The molecule has 0 aliphatic carbocycles. The Morgan fingerprint density at radius 3 is 2.39 bits per heavy atom. The number of sulfonamides is 1. The lowest BCUT2D eigenvalue weighted by atomic mass is 9.79. The fraction of sp³-hybridized carbons (Fsp3) is 0.714. The van der Waals surface area contributed by atoms with Gasteiger partial charge in [0.25, 0.3) is 0 Å². The molecule has 11 heteroatoms. The second kappa shape index (κ2) is 13.8. The first kappa shape index (κ1) is 36.2. The van der Waals surface area contributed by atoms with E-state index in [1.54, 1.807) is 4.68 Å². The molecule has 2 aliphatic heterocycles. The minimum Gasteiger partial charge on any atom is -0.395 e. The number of aliphatic hydroxyl groups is 1. The number of aromatic nitrogens is 3. The van der Waals surface area contributed by atoms with Crippen molar-refractivity contribution in [2.75, 3.05) is 30.3 Å². The van der Waals surface area contributed by atoms with Crippen molar-refractivity contribution in [2.45, 2.75) is 131 Å². The molecule has 1 atom stereocenters. The molecule has 0 bridgehead atoms. The van der Waals surface area contributed by atoms with Gasteiger partial charge in [-0.3, -0.25) is 0 Å². The van der Waals surface area contributed by atoms with E-state index >= 15 is 0 Å². The summed E-state index contributed by atoms with van der Waals surface area (Å²) in [6, 6.07) is 4.38. The molecule has 0 amide bonds. The summed E-state index contributed by atoms with van der Waals surface area (Å²) < 4.78 is 30.3. The summed E-state index contributed by atoms with van der Waals surface area (Å²) in [6.07, 6.45) is 7.16. The minimum absolute atomic E-state index is 0.0609. The first-order chi connectivity index (χ1) is 21.4. The predicted molar refractivity (Wildman–Crippen MR) is 189 cm³/mol. The first-order valence-corrected chi connectivity index (χ1v) is 18.7. The third-order valence-electron chi connectivity index (χ3n) is 9.35. The molecule has 10 nitrogen and oxygen atoms in total. The topological polar surface area (TPSA) is 125 Å². The smallest absolute Gasteiger partial charge is 0.211 e. The van der Waals surface area contributed by atoms with Crippen molar-refractivity contribution >= 4 is 32.8 Å². The highest BCUT2D eigenvalue weighted by atomic mass is 32.2. The molecule has 1 aromatic heterocycles. The number of unbranched alkanes of at least 4 members (excludes halogenated alkanes) is 5. The third kappa shape index (κ3) is 7.90. The van der Waals surface area contributed by atoms with Gasteiger partial charge in [0.05, 0.1) is 23.8 Å². The summed E-state index contributed by atoms with van der Waals surface area (Å²) in [4.78, 5) is 7.54. The Balaban J connectivity index is 1.63. The lowest BCUT2D eigenvalue weighted by Gasteiger charge is -2.47. The van der Waals surface area contributed by atoms with Crippen LogP contribution in [0.5, 0.6) is 0 Å². The number of fused-ring (bicyclic) bond motifs is 2. The Bertz CT molecular complexity index is 1560. The fourth-order valence-electron chi connectivity index (χ4n) is 6.71. The number of anilines is 1. The zero-order chi connectivity index (χ0) is 34.1. The largest absolute Gasteiger partial charge is 0.395 e. The van der Waals surface area contributed by atoms with E-state index in [1.165, 1.54) is 18.4 Å². The van der Waals surface area contributed by atoms with Crippen molar-refractivity contribution in [2.24, 2.45) is 15.5 Å². The molecule has 0 saturated carbocycles. The quantitative estimate of drug-likeness (QED) is 0.221. The summed E-state index contributed by atoms with van der Waals surface area (Å²) in [6.45, 7) is 22.1. The highest BCUT2D eigenvalue weighted by Gasteiger charge is 2.40. The van der Waals surface area contributed by atoms with Crippen LogP contribution in [0.1, 0.15) is 136 Å². The molecule has 256 valence electrons. The van der Waals surface area contributed by atoms with Crippen molar-refractivity contribution in [3.05, 3.63) is 34.9 Å². The lowest BCUT2D eigenvalue weighted by molar-refractivity contribution is 0.277. The Morgan fingerprint density at radius 2 is 1.74 bits per heavy atom. The van der Waals surface area contributed by atoms with Crippen molar-refractivity contribution in [1.29, 1.82) is 0 Å². The zero-order valence-corrected chi connectivity index (χ0v) is 30.7. The molecule has 4 rings (SSSR count). The molecular weight excluding hydrogens is 598 g/mol. The molecule has 0 fully saturated rings. The van der Waals surface area contributed by atoms with Crippen LogP contribution < -0.4 is 9.62 Å². The van der Waals surface area contributed by atoms with Crippen molar-refractivity contribution in [3.63, 3.8) is 0 Å². The molecule has 1 unspecified atom stereocenters. The van der Waals surface area contributed by atoms with E-state index in [0.717, 1.165) is 48.3 Å². The van der Waals surface area contributed by atoms with Crippen LogP contribution in [0.4, 0.5) is 11.4 Å². The van der Waals surface area contributed by atoms with E-state index in [4.69, 9.17) is 10.1 Å². The van der Waals surface area contributed by atoms with Crippen LogP contribution in [0.15, 0.2) is 22.2 Å². The average molecular weight is 656 g/mol. The van der Waals surface area contributed by atoms with Gasteiger partial charge in [-0.05, 0) is 62.8 Å². The van der Waals surface area contributed by atoms with Crippen LogP contribution in [0.2, 0.25) is 0 Å². The number of hydrogen-bond acceptors (Lipinski definition) is 8. The van der Waals surface area contributed by atoms with E-state index in [0.29, 0.717) is 36.2 Å². The molecule has 46 heavy (non-hydrogen) atoms. The molecule has 1 aromatic carbocycles. The van der Waals surface area contributed by atoms with Gasteiger partial charge in [-0.15, -0.1) is 10.2 Å². The average Bonchev–Trinajstić information content (AvgIpc) is 3.53. The van der Waals surface area contributed by atoms with Gasteiger partial charge in [0.1, 0.15) is 5.71 Å². The number of benzene rings is 1. The van der Waals surface area contributed by atoms with Crippen molar-refractivity contribution in [3.8, 4) is 0 Å². The van der Waals surface area contributed by atoms with Gasteiger partial charge < -0.3 is 10.0 Å². The van der Waals surface area contributed by atoms with Crippen LogP contribution in [0, 0.1) is 12.3 Å². The summed E-state index contributed by atoms with van der Waals surface area (Å²) >= 11 is 0. The van der Waals surface area contributed by atoms with E-state index in [1.807, 2.05) is 13.8 Å². The minimum atomic E-state index is -3.41. The second-order valence-corrected chi connectivity index (χ2v) is 17.5. The second-order valence-electron chi connectivity index (χ2n) is 15.6. The summed E-state index contributed by atoms with van der Waals surface area (Å²) in [5.41, 5.74) is 4.72. The van der Waals surface area contributed by atoms with E-state index in [9.17, 15) is 13.5 Å². The number of aliphatic imine (C=N–C) groups is 1. The van der Waals surface area contributed by atoms with Gasteiger partial charge in [-0.2, -0.15) is 9.78 Å². The zero-order valence-electron chi connectivity index (χ0n) is 29.9. The first-order valence-electron chi connectivity index (χ1n) is 17.1. The van der Waals surface area contributed by atoms with Crippen LogP contribution >= 0.6 is 0 Å². The fourth-order valence-corrected chi connectivity index (χ4v) is 8.01. The molecule has 0 saturated heterocycles. The van der Waals surface area contributed by atoms with Gasteiger partial charge in [-0.1, -0.05) is 80.6 Å². The van der Waals surface area contributed by atoms with Gasteiger partial charge >= 0.3 is 0 Å². The van der Waals surface area contributed by atoms with Crippen LogP contribution in [-0.4, -0.2) is 70.8 Å². The Hall–Kier alpha value is -2.63. The number of nitrogens with one attached hydrogen (secondary N) is 1. The Morgan fingerprint density at radius 1 is 1.07 bits per heavy atom. The monoisotopic (exact) mass is 655 g/mol. The number of aliphatic hydroxyl groups excluding tert-OH is 1. The summed E-state index contributed by atoms with van der Waals surface area (Å²) in [7, 11) is -3.41. The normalized spacial score (nSPS) is 19.0. The standard InChI is InChI=1S/C35H57N7O3S/c1-11-12-13-14-15-16-19-46(44,45)36-23-34(7,8)32-39-38-31-29(30(33(4,5)6)40-42(31)32)37-27-21-26-25(3)22-35(9,10)41(17-18-43)28(26)20-24(27)2/h20-21,25,36,43H,11-19,22-23H2,1-10H3/b37-29-. The maximum atomic E-state index is 12.8.